The standard InChI is InChI=1S/C25H44N6O7/c1-13(2)12-18(31-14(3)32)20(34)15-9-10-24(30,23(37)38)25(15,21(35)16(27)6-4-5-11-26)22(36)17(28)7-8-19(29)33/h13,15-18H,4-12,26-28,30H2,1-3H3,(H2,29,33)(H,31,32)(H,37,38). The number of carbonyl (C=O) groups excluding carboxylic acids is 5. The highest BCUT2D eigenvalue weighted by Crippen LogP contribution is 2.53. The molecule has 1 fully saturated rings. The van der Waals surface area contributed by atoms with Crippen molar-refractivity contribution < 1.29 is 33.9 Å². The SMILES string of the molecule is CC(=O)NC(CC(C)C)C(=O)C1CCC(N)(C(=O)O)C1(C(=O)C(N)CCCCN)C(=O)C(N)CCC(N)=O. The summed E-state index contributed by atoms with van der Waals surface area (Å²) in [6.07, 6.45) is -0.0312. The lowest BCUT2D eigenvalue weighted by Crippen LogP contribution is -2.72. The highest BCUT2D eigenvalue weighted by molar-refractivity contribution is 6.19. The molecule has 38 heavy (non-hydrogen) atoms. The van der Waals surface area contributed by atoms with Crippen LogP contribution in [0.2, 0.25) is 0 Å². The summed E-state index contributed by atoms with van der Waals surface area (Å²) in [5.41, 5.74) is 24.3. The zero-order valence-corrected chi connectivity index (χ0v) is 22.5. The van der Waals surface area contributed by atoms with E-state index in [1.165, 1.54) is 6.92 Å². The highest BCUT2D eigenvalue weighted by atomic mass is 16.4. The van der Waals surface area contributed by atoms with E-state index in [2.05, 4.69) is 5.32 Å². The lowest BCUT2D eigenvalue weighted by atomic mass is 9.57. The number of carboxylic acid groups (broad SMARTS) is 1. The van der Waals surface area contributed by atoms with Gasteiger partial charge in [0.1, 0.15) is 11.0 Å². The Labute approximate surface area is 223 Å². The molecule has 0 heterocycles. The van der Waals surface area contributed by atoms with Gasteiger partial charge in [-0.15, -0.1) is 0 Å². The number of carboxylic acids is 1. The zero-order valence-electron chi connectivity index (χ0n) is 22.5. The van der Waals surface area contributed by atoms with Crippen LogP contribution in [0.4, 0.5) is 0 Å². The highest BCUT2D eigenvalue weighted by Gasteiger charge is 2.73. The number of unbranched alkanes of at least 4 members (excludes halogenated alkanes) is 1. The predicted molar refractivity (Wildman–Crippen MR) is 139 cm³/mol. The molecule has 0 bridgehead atoms. The second kappa shape index (κ2) is 13.9. The number of hydrogen-bond donors (Lipinski definition) is 7. The van der Waals surface area contributed by atoms with Gasteiger partial charge < -0.3 is 39.1 Å². The van der Waals surface area contributed by atoms with Gasteiger partial charge in [-0.05, 0) is 51.0 Å². The Morgan fingerprint density at radius 3 is 2.00 bits per heavy atom. The molecule has 0 spiro atoms. The number of primary amides is 1. The molecule has 1 rings (SSSR count). The molecular formula is C25H44N6O7. The lowest BCUT2D eigenvalue weighted by Gasteiger charge is -2.44. The van der Waals surface area contributed by atoms with E-state index in [1.54, 1.807) is 0 Å². The molecule has 6 atom stereocenters. The minimum atomic E-state index is -2.62. The van der Waals surface area contributed by atoms with Crippen LogP contribution in [0.1, 0.15) is 72.1 Å². The van der Waals surface area contributed by atoms with Gasteiger partial charge in [0.05, 0.1) is 18.1 Å². The Morgan fingerprint density at radius 1 is 1.00 bits per heavy atom. The normalized spacial score (nSPS) is 25.4. The Hall–Kier alpha value is -2.74. The average Bonchev–Trinajstić information content (AvgIpc) is 3.14. The van der Waals surface area contributed by atoms with Crippen LogP contribution in [0.25, 0.3) is 0 Å². The first kappa shape index (κ1) is 33.3. The van der Waals surface area contributed by atoms with Gasteiger partial charge in [0.2, 0.25) is 11.8 Å². The zero-order chi connectivity index (χ0) is 29.4. The van der Waals surface area contributed by atoms with Gasteiger partial charge in [0.15, 0.2) is 17.3 Å². The van der Waals surface area contributed by atoms with E-state index >= 15 is 0 Å². The third-order valence-electron chi connectivity index (χ3n) is 7.33. The van der Waals surface area contributed by atoms with E-state index in [9.17, 15) is 33.9 Å². The Kier molecular flexibility index (Phi) is 12.2. The quantitative estimate of drug-likeness (QED) is 0.0821. The number of hydrogen-bond acceptors (Lipinski definition) is 10. The molecule has 1 aliphatic rings. The van der Waals surface area contributed by atoms with Crippen LogP contribution in [0, 0.1) is 17.3 Å². The fourth-order valence-corrected chi connectivity index (χ4v) is 5.49. The number of ketones is 3. The number of rotatable bonds is 17. The van der Waals surface area contributed by atoms with E-state index in [0.29, 0.717) is 19.4 Å². The molecule has 0 aliphatic heterocycles. The van der Waals surface area contributed by atoms with Crippen molar-refractivity contribution in [3.8, 4) is 0 Å². The van der Waals surface area contributed by atoms with Crippen LogP contribution in [0.5, 0.6) is 0 Å². The third-order valence-corrected chi connectivity index (χ3v) is 7.33. The molecule has 13 heteroatoms. The Morgan fingerprint density at radius 2 is 1.55 bits per heavy atom. The molecule has 0 aromatic carbocycles. The number of nitrogens with two attached hydrogens (primary N) is 5. The molecule has 0 aromatic rings. The van der Waals surface area contributed by atoms with Crippen LogP contribution >= 0.6 is 0 Å². The summed E-state index contributed by atoms with van der Waals surface area (Å²) in [4.78, 5) is 78.1. The smallest absolute Gasteiger partial charge is 0.325 e. The fourth-order valence-electron chi connectivity index (χ4n) is 5.49. The van der Waals surface area contributed by atoms with Crippen LogP contribution in [-0.4, -0.2) is 70.4 Å². The van der Waals surface area contributed by atoms with Crippen molar-refractivity contribution in [1.82, 2.24) is 5.32 Å². The second-order valence-corrected chi connectivity index (χ2v) is 10.7. The molecule has 13 nitrogen and oxygen atoms in total. The van der Waals surface area contributed by atoms with Gasteiger partial charge >= 0.3 is 5.97 Å². The third kappa shape index (κ3) is 7.01. The predicted octanol–water partition coefficient (Wildman–Crippen LogP) is -1.53. The summed E-state index contributed by atoms with van der Waals surface area (Å²) >= 11 is 0. The minimum Gasteiger partial charge on any atom is -0.480 e. The molecule has 216 valence electrons. The first-order chi connectivity index (χ1) is 17.6. The lowest BCUT2D eigenvalue weighted by molar-refractivity contribution is -0.164. The number of carbonyl (C=O) groups is 6. The minimum absolute atomic E-state index is 0.0688. The summed E-state index contributed by atoms with van der Waals surface area (Å²) < 4.78 is 0. The molecule has 12 N–H and O–H groups in total. The van der Waals surface area contributed by atoms with Crippen LogP contribution in [0.3, 0.4) is 0 Å². The number of nitrogens with one attached hydrogen (secondary N) is 1. The van der Waals surface area contributed by atoms with Crippen molar-refractivity contribution in [2.45, 2.75) is 95.8 Å². The van der Waals surface area contributed by atoms with Crippen LogP contribution in [-0.2, 0) is 28.8 Å². The van der Waals surface area contributed by atoms with E-state index in [-0.39, 0.29) is 44.4 Å². The molecule has 2 amide bonds. The summed E-state index contributed by atoms with van der Waals surface area (Å²) in [6, 6.07) is -3.97. The molecule has 0 radical (unpaired) electrons. The van der Waals surface area contributed by atoms with Gasteiger partial charge in [-0.3, -0.25) is 28.8 Å². The molecule has 0 aromatic heterocycles. The summed E-state index contributed by atoms with van der Waals surface area (Å²) in [5.74, 6) is -7.29. The fraction of sp³-hybridized carbons (Fsp3) is 0.760. The summed E-state index contributed by atoms with van der Waals surface area (Å²) in [6.45, 7) is 5.18. The maximum absolute atomic E-state index is 14.1. The molecule has 0 saturated heterocycles. The summed E-state index contributed by atoms with van der Waals surface area (Å²) in [5, 5.41) is 12.8. The largest absolute Gasteiger partial charge is 0.480 e. The van der Waals surface area contributed by atoms with E-state index in [1.807, 2.05) is 13.8 Å². The first-order valence-electron chi connectivity index (χ1n) is 13.0. The van der Waals surface area contributed by atoms with E-state index in [0.717, 1.165) is 0 Å². The van der Waals surface area contributed by atoms with Crippen molar-refractivity contribution >= 4 is 35.1 Å². The van der Waals surface area contributed by atoms with Gasteiger partial charge in [-0.25, -0.2) is 0 Å². The number of Topliss-reactive ketones (excluding diaryl/α,β-unsaturated/α-hetero) is 3. The number of aliphatic carboxylic acids is 1. The molecule has 1 aliphatic carbocycles. The number of amides is 2. The van der Waals surface area contributed by atoms with Crippen LogP contribution < -0.4 is 34.0 Å². The average molecular weight is 541 g/mol. The first-order valence-corrected chi connectivity index (χ1v) is 13.0. The Balaban J connectivity index is 3.84. The van der Waals surface area contributed by atoms with Crippen molar-refractivity contribution in [3.05, 3.63) is 0 Å². The second-order valence-electron chi connectivity index (χ2n) is 10.7. The van der Waals surface area contributed by atoms with Crippen molar-refractivity contribution in [2.75, 3.05) is 6.54 Å². The molecule has 6 unspecified atom stereocenters. The van der Waals surface area contributed by atoms with Crippen LogP contribution in [0.15, 0.2) is 0 Å². The maximum Gasteiger partial charge on any atom is 0.325 e. The van der Waals surface area contributed by atoms with Gasteiger partial charge in [0.25, 0.3) is 0 Å². The van der Waals surface area contributed by atoms with Crippen molar-refractivity contribution in [1.29, 1.82) is 0 Å². The molecular weight excluding hydrogens is 496 g/mol. The van der Waals surface area contributed by atoms with Gasteiger partial charge in [0, 0.05) is 19.3 Å². The maximum atomic E-state index is 14.1. The monoisotopic (exact) mass is 540 g/mol. The van der Waals surface area contributed by atoms with E-state index < -0.39 is 70.1 Å². The van der Waals surface area contributed by atoms with E-state index in [4.69, 9.17) is 28.7 Å². The Bertz CT molecular complexity index is 926. The summed E-state index contributed by atoms with van der Waals surface area (Å²) in [7, 11) is 0. The van der Waals surface area contributed by atoms with Crippen molar-refractivity contribution in [2.24, 2.45) is 45.9 Å². The topological polar surface area (TPSA) is 265 Å². The molecule has 1 saturated carbocycles. The van der Waals surface area contributed by atoms with Gasteiger partial charge in [-0.2, -0.15) is 0 Å². The van der Waals surface area contributed by atoms with Gasteiger partial charge in [-0.1, -0.05) is 20.3 Å². The van der Waals surface area contributed by atoms with Crippen molar-refractivity contribution in [3.63, 3.8) is 0 Å².